The molecule has 1 aromatic carbocycles. The lowest BCUT2D eigenvalue weighted by Crippen LogP contribution is -2.32. The second-order valence-electron chi connectivity index (χ2n) is 5.35. The molecule has 4 heteroatoms. The van der Waals surface area contributed by atoms with Crippen LogP contribution < -0.4 is 5.32 Å². The van der Waals surface area contributed by atoms with Crippen LogP contribution >= 0.6 is 11.6 Å². The third-order valence-electron chi connectivity index (χ3n) is 4.04. The van der Waals surface area contributed by atoms with Crippen molar-refractivity contribution < 1.29 is 9.50 Å². The number of benzene rings is 1. The molecule has 0 heterocycles. The Kier molecular flexibility index (Phi) is 5.61. The molecule has 1 aliphatic rings. The third kappa shape index (κ3) is 4.16. The first-order valence-corrected chi connectivity index (χ1v) is 7.34. The Balaban J connectivity index is 1.82. The zero-order valence-corrected chi connectivity index (χ0v) is 11.8. The van der Waals surface area contributed by atoms with Crippen molar-refractivity contribution in [2.24, 2.45) is 11.8 Å². The summed E-state index contributed by atoms with van der Waals surface area (Å²) in [5.41, 5.74) is 0.916. The minimum Gasteiger partial charge on any atom is -0.396 e. The number of nitrogens with one attached hydrogen (secondary N) is 1. The fourth-order valence-corrected chi connectivity index (χ4v) is 3.08. The Morgan fingerprint density at radius 1 is 1.26 bits per heavy atom. The highest BCUT2D eigenvalue weighted by Gasteiger charge is 2.23. The minimum atomic E-state index is -0.304. The van der Waals surface area contributed by atoms with E-state index in [0.29, 0.717) is 23.4 Å². The molecule has 2 nitrogen and oxygen atoms in total. The molecule has 2 rings (SSSR count). The number of hydrogen-bond acceptors (Lipinski definition) is 2. The molecular weight excluding hydrogens is 265 g/mol. The van der Waals surface area contributed by atoms with Crippen LogP contribution in [0.1, 0.15) is 31.2 Å². The van der Waals surface area contributed by atoms with Crippen LogP contribution in [-0.4, -0.2) is 18.3 Å². The monoisotopic (exact) mass is 285 g/mol. The second-order valence-corrected chi connectivity index (χ2v) is 5.76. The van der Waals surface area contributed by atoms with E-state index in [1.807, 2.05) is 0 Å². The van der Waals surface area contributed by atoms with E-state index in [2.05, 4.69) is 5.32 Å². The molecule has 19 heavy (non-hydrogen) atoms. The van der Waals surface area contributed by atoms with Crippen molar-refractivity contribution >= 4 is 11.6 Å². The Morgan fingerprint density at radius 3 is 2.68 bits per heavy atom. The van der Waals surface area contributed by atoms with E-state index in [9.17, 15) is 9.50 Å². The maximum Gasteiger partial charge on any atom is 0.124 e. The summed E-state index contributed by atoms with van der Waals surface area (Å²) in [6.45, 7) is 1.82. The van der Waals surface area contributed by atoms with Gasteiger partial charge >= 0.3 is 0 Å². The van der Waals surface area contributed by atoms with Crippen LogP contribution in [0.3, 0.4) is 0 Å². The first kappa shape index (κ1) is 14.8. The van der Waals surface area contributed by atoms with Crippen molar-refractivity contribution in [3.05, 3.63) is 34.6 Å². The van der Waals surface area contributed by atoms with Gasteiger partial charge in [-0.15, -0.1) is 0 Å². The fraction of sp³-hybridized carbons (Fsp3) is 0.600. The molecule has 1 aliphatic carbocycles. The van der Waals surface area contributed by atoms with Crippen molar-refractivity contribution in [3.63, 3.8) is 0 Å². The van der Waals surface area contributed by atoms with Crippen molar-refractivity contribution in [1.29, 1.82) is 0 Å². The summed E-state index contributed by atoms with van der Waals surface area (Å²) < 4.78 is 12.9. The van der Waals surface area contributed by atoms with Crippen LogP contribution in [0.25, 0.3) is 0 Å². The SMILES string of the molecule is OCC1CCCCC1CNCc1ccc(F)cc1Cl. The smallest absolute Gasteiger partial charge is 0.124 e. The molecule has 0 aromatic heterocycles. The molecule has 0 bridgehead atoms. The lowest BCUT2D eigenvalue weighted by molar-refractivity contribution is 0.133. The van der Waals surface area contributed by atoms with E-state index in [0.717, 1.165) is 18.5 Å². The minimum absolute atomic E-state index is 0.281. The Bertz CT molecular complexity index is 413. The molecule has 2 unspecified atom stereocenters. The van der Waals surface area contributed by atoms with Gasteiger partial charge in [-0.2, -0.15) is 0 Å². The lowest BCUT2D eigenvalue weighted by Gasteiger charge is -2.30. The Hall–Kier alpha value is -0.640. The average Bonchev–Trinajstić information content (AvgIpc) is 2.42. The van der Waals surface area contributed by atoms with Crippen molar-refractivity contribution in [2.75, 3.05) is 13.2 Å². The van der Waals surface area contributed by atoms with E-state index < -0.39 is 0 Å². The van der Waals surface area contributed by atoms with Crippen LogP contribution in [0.2, 0.25) is 5.02 Å². The first-order chi connectivity index (χ1) is 9.20. The predicted octanol–water partition coefficient (Wildman–Crippen LogP) is 3.37. The highest BCUT2D eigenvalue weighted by atomic mass is 35.5. The van der Waals surface area contributed by atoms with Gasteiger partial charge in [-0.05, 0) is 48.9 Å². The van der Waals surface area contributed by atoms with E-state index in [1.165, 1.54) is 31.4 Å². The molecule has 0 aliphatic heterocycles. The zero-order valence-electron chi connectivity index (χ0n) is 11.0. The van der Waals surface area contributed by atoms with Gasteiger partial charge in [0, 0.05) is 18.2 Å². The van der Waals surface area contributed by atoms with Crippen molar-refractivity contribution in [1.82, 2.24) is 5.32 Å². The topological polar surface area (TPSA) is 32.3 Å². The van der Waals surface area contributed by atoms with Gasteiger partial charge in [0.15, 0.2) is 0 Å². The normalized spacial score (nSPS) is 23.5. The van der Waals surface area contributed by atoms with Crippen LogP contribution in [0.5, 0.6) is 0 Å². The summed E-state index contributed by atoms with van der Waals surface area (Å²) in [5, 5.41) is 13.2. The maximum absolute atomic E-state index is 12.9. The van der Waals surface area contributed by atoms with Crippen molar-refractivity contribution in [3.8, 4) is 0 Å². The van der Waals surface area contributed by atoms with E-state index in [4.69, 9.17) is 11.6 Å². The summed E-state index contributed by atoms with van der Waals surface area (Å²) in [6.07, 6.45) is 4.78. The van der Waals surface area contributed by atoms with Crippen LogP contribution in [-0.2, 0) is 6.54 Å². The van der Waals surface area contributed by atoms with E-state index >= 15 is 0 Å². The summed E-state index contributed by atoms with van der Waals surface area (Å²) >= 11 is 5.99. The summed E-state index contributed by atoms with van der Waals surface area (Å²) in [5.74, 6) is 0.657. The van der Waals surface area contributed by atoms with Gasteiger partial charge in [0.1, 0.15) is 5.82 Å². The molecular formula is C15H21ClFNO. The number of hydrogen-bond donors (Lipinski definition) is 2. The lowest BCUT2D eigenvalue weighted by atomic mass is 9.79. The molecule has 2 atom stereocenters. The van der Waals surface area contributed by atoms with Gasteiger partial charge in [-0.1, -0.05) is 30.5 Å². The van der Waals surface area contributed by atoms with Crippen LogP contribution in [0, 0.1) is 17.7 Å². The second kappa shape index (κ2) is 7.22. The summed E-state index contributed by atoms with van der Waals surface area (Å²) in [7, 11) is 0. The fourth-order valence-electron chi connectivity index (χ4n) is 2.85. The third-order valence-corrected chi connectivity index (χ3v) is 4.39. The molecule has 0 spiro atoms. The van der Waals surface area contributed by atoms with Crippen LogP contribution in [0.15, 0.2) is 18.2 Å². The summed E-state index contributed by atoms with van der Waals surface area (Å²) in [4.78, 5) is 0. The number of rotatable bonds is 5. The highest BCUT2D eigenvalue weighted by Crippen LogP contribution is 2.29. The Morgan fingerprint density at radius 2 is 2.00 bits per heavy atom. The first-order valence-electron chi connectivity index (χ1n) is 6.96. The van der Waals surface area contributed by atoms with Gasteiger partial charge in [0.2, 0.25) is 0 Å². The van der Waals surface area contributed by atoms with Crippen LogP contribution in [0.4, 0.5) is 4.39 Å². The van der Waals surface area contributed by atoms with Gasteiger partial charge in [-0.3, -0.25) is 0 Å². The molecule has 0 saturated heterocycles. The number of aliphatic hydroxyl groups excluding tert-OH is 1. The molecule has 2 N–H and O–H groups in total. The maximum atomic E-state index is 12.9. The average molecular weight is 286 g/mol. The molecule has 106 valence electrons. The quantitative estimate of drug-likeness (QED) is 0.869. The van der Waals surface area contributed by atoms with E-state index in [-0.39, 0.29) is 12.4 Å². The summed E-state index contributed by atoms with van der Waals surface area (Å²) in [6, 6.07) is 4.49. The van der Waals surface area contributed by atoms with Gasteiger partial charge in [0.25, 0.3) is 0 Å². The van der Waals surface area contributed by atoms with Crippen molar-refractivity contribution in [2.45, 2.75) is 32.2 Å². The van der Waals surface area contributed by atoms with Gasteiger partial charge in [-0.25, -0.2) is 4.39 Å². The highest BCUT2D eigenvalue weighted by molar-refractivity contribution is 6.31. The molecule has 1 fully saturated rings. The predicted molar refractivity (Wildman–Crippen MR) is 75.7 cm³/mol. The van der Waals surface area contributed by atoms with E-state index in [1.54, 1.807) is 6.07 Å². The largest absolute Gasteiger partial charge is 0.396 e. The zero-order chi connectivity index (χ0) is 13.7. The molecule has 1 saturated carbocycles. The van der Waals surface area contributed by atoms with Gasteiger partial charge in [0.05, 0.1) is 0 Å². The van der Waals surface area contributed by atoms with Gasteiger partial charge < -0.3 is 10.4 Å². The molecule has 1 aromatic rings. The number of aliphatic hydroxyl groups is 1. The standard InChI is InChI=1S/C15H21ClFNO/c16-15-7-14(17)6-5-12(15)9-18-8-11-3-1-2-4-13(11)10-19/h5-7,11,13,18-19H,1-4,8-10H2. The molecule has 0 radical (unpaired) electrons. The number of halogens is 2. The molecule has 0 amide bonds. The Labute approximate surface area is 119 Å².